The first kappa shape index (κ1) is 18.9. The third-order valence-electron chi connectivity index (χ3n) is 4.85. The van der Waals surface area contributed by atoms with Gasteiger partial charge in [0, 0.05) is 12.6 Å². The van der Waals surface area contributed by atoms with Crippen molar-refractivity contribution in [1.29, 1.82) is 0 Å². The minimum atomic E-state index is -3.41. The molecule has 1 aromatic rings. The van der Waals surface area contributed by atoms with Gasteiger partial charge < -0.3 is 5.32 Å². The summed E-state index contributed by atoms with van der Waals surface area (Å²) in [6, 6.07) is 6.67. The Bertz CT molecular complexity index is 665. The van der Waals surface area contributed by atoms with Crippen LogP contribution < -0.4 is 5.32 Å². The average molecular weight is 353 g/mol. The summed E-state index contributed by atoms with van der Waals surface area (Å²) in [5.41, 5.74) is 0.235. The normalized spacial score (nSPS) is 18.3. The minimum Gasteiger partial charge on any atom is -0.350 e. The molecule has 1 N–H and O–H groups in total. The van der Waals surface area contributed by atoms with Crippen LogP contribution in [0.25, 0.3) is 0 Å². The van der Waals surface area contributed by atoms with E-state index in [0.717, 1.165) is 19.0 Å². The van der Waals surface area contributed by atoms with Crippen molar-refractivity contribution in [2.75, 3.05) is 25.4 Å². The molecule has 24 heavy (non-hydrogen) atoms. The number of sulfone groups is 1. The first-order chi connectivity index (χ1) is 11.3. The van der Waals surface area contributed by atoms with E-state index in [9.17, 15) is 13.2 Å². The highest BCUT2D eigenvalue weighted by atomic mass is 32.2. The summed E-state index contributed by atoms with van der Waals surface area (Å²) >= 11 is 0. The van der Waals surface area contributed by atoms with Crippen LogP contribution in [0.1, 0.15) is 44.0 Å². The molecule has 1 aliphatic rings. The van der Waals surface area contributed by atoms with E-state index in [-0.39, 0.29) is 28.2 Å². The van der Waals surface area contributed by atoms with Gasteiger partial charge >= 0.3 is 0 Å². The van der Waals surface area contributed by atoms with Crippen LogP contribution in [0.3, 0.4) is 0 Å². The van der Waals surface area contributed by atoms with Gasteiger partial charge in [-0.05, 0) is 50.9 Å². The number of benzene rings is 1. The standard InChI is InChI=1S/C18H28N2O3S/c1-4-24(22,23)17-8-6-5-7-16(17)18(21)19-13-15(3)20-11-9-14(2)10-12-20/h5-8,14-15H,4,9-13H2,1-3H3,(H,19,21). The molecule has 2 rings (SSSR count). The molecule has 134 valence electrons. The van der Waals surface area contributed by atoms with Crippen LogP contribution in [-0.4, -0.2) is 50.7 Å². The Kier molecular flexibility index (Phi) is 6.40. The second kappa shape index (κ2) is 8.12. The van der Waals surface area contributed by atoms with E-state index < -0.39 is 9.84 Å². The fourth-order valence-electron chi connectivity index (χ4n) is 3.01. The topological polar surface area (TPSA) is 66.5 Å². The monoisotopic (exact) mass is 352 g/mol. The minimum absolute atomic E-state index is 0.0142. The highest BCUT2D eigenvalue weighted by molar-refractivity contribution is 7.91. The van der Waals surface area contributed by atoms with Crippen LogP contribution in [0, 0.1) is 5.92 Å². The van der Waals surface area contributed by atoms with Crippen molar-refractivity contribution in [3.63, 3.8) is 0 Å². The highest BCUT2D eigenvalue weighted by Gasteiger charge is 2.23. The van der Waals surface area contributed by atoms with E-state index >= 15 is 0 Å². The summed E-state index contributed by atoms with van der Waals surface area (Å²) in [6.45, 7) is 8.59. The molecule has 1 unspecified atom stereocenters. The maximum absolute atomic E-state index is 12.5. The summed E-state index contributed by atoms with van der Waals surface area (Å²) in [5.74, 6) is 0.439. The van der Waals surface area contributed by atoms with Crippen molar-refractivity contribution < 1.29 is 13.2 Å². The van der Waals surface area contributed by atoms with Crippen molar-refractivity contribution in [3.05, 3.63) is 29.8 Å². The molecule has 0 radical (unpaired) electrons. The summed E-state index contributed by atoms with van der Waals surface area (Å²) in [5, 5.41) is 2.90. The third-order valence-corrected chi connectivity index (χ3v) is 6.63. The number of carbonyl (C=O) groups excluding carboxylic acids is 1. The molecule has 6 heteroatoms. The zero-order chi connectivity index (χ0) is 17.7. The molecule has 1 aromatic carbocycles. The van der Waals surface area contributed by atoms with E-state index in [1.165, 1.54) is 18.9 Å². The summed E-state index contributed by atoms with van der Waals surface area (Å²) < 4.78 is 24.3. The van der Waals surface area contributed by atoms with Crippen molar-refractivity contribution in [1.82, 2.24) is 10.2 Å². The molecule has 1 heterocycles. The van der Waals surface area contributed by atoms with Crippen LogP contribution in [-0.2, 0) is 9.84 Å². The number of nitrogens with one attached hydrogen (secondary N) is 1. The largest absolute Gasteiger partial charge is 0.350 e. The molecule has 0 aromatic heterocycles. The number of carbonyl (C=O) groups is 1. The first-order valence-electron chi connectivity index (χ1n) is 8.69. The molecule has 1 amide bonds. The Morgan fingerprint density at radius 3 is 2.54 bits per heavy atom. The van der Waals surface area contributed by atoms with E-state index in [0.29, 0.717) is 6.54 Å². The summed E-state index contributed by atoms with van der Waals surface area (Å²) in [6.07, 6.45) is 2.38. The lowest BCUT2D eigenvalue weighted by Crippen LogP contribution is -2.45. The number of hydrogen-bond acceptors (Lipinski definition) is 4. The lowest BCUT2D eigenvalue weighted by atomic mass is 9.98. The molecule has 0 spiro atoms. The van der Waals surface area contributed by atoms with Crippen molar-refractivity contribution in [2.45, 2.75) is 44.6 Å². The van der Waals surface area contributed by atoms with Crippen molar-refractivity contribution >= 4 is 15.7 Å². The number of hydrogen-bond donors (Lipinski definition) is 1. The number of amides is 1. The van der Waals surface area contributed by atoms with Crippen LogP contribution >= 0.6 is 0 Å². The van der Waals surface area contributed by atoms with Gasteiger partial charge in [0.15, 0.2) is 9.84 Å². The maximum Gasteiger partial charge on any atom is 0.252 e. The smallest absolute Gasteiger partial charge is 0.252 e. The average Bonchev–Trinajstić information content (AvgIpc) is 2.60. The van der Waals surface area contributed by atoms with Gasteiger partial charge in [0.05, 0.1) is 16.2 Å². The van der Waals surface area contributed by atoms with E-state index in [1.807, 2.05) is 0 Å². The number of nitrogens with zero attached hydrogens (tertiary/aromatic N) is 1. The van der Waals surface area contributed by atoms with Gasteiger partial charge in [-0.2, -0.15) is 0 Å². The predicted molar refractivity (Wildman–Crippen MR) is 95.9 cm³/mol. The molecule has 1 aliphatic heterocycles. The summed E-state index contributed by atoms with van der Waals surface area (Å²) in [7, 11) is -3.41. The number of rotatable bonds is 6. The van der Waals surface area contributed by atoms with Gasteiger partial charge in [0.1, 0.15) is 0 Å². The van der Waals surface area contributed by atoms with Gasteiger partial charge in [0.2, 0.25) is 0 Å². The Labute approximate surface area is 145 Å². The zero-order valence-corrected chi connectivity index (χ0v) is 15.6. The second-order valence-electron chi connectivity index (χ2n) is 6.68. The van der Waals surface area contributed by atoms with Gasteiger partial charge in [-0.15, -0.1) is 0 Å². The number of piperidine rings is 1. The van der Waals surface area contributed by atoms with E-state index in [4.69, 9.17) is 0 Å². The van der Waals surface area contributed by atoms with Crippen molar-refractivity contribution in [3.8, 4) is 0 Å². The highest BCUT2D eigenvalue weighted by Crippen LogP contribution is 2.19. The lowest BCUT2D eigenvalue weighted by Gasteiger charge is -2.35. The predicted octanol–water partition coefficient (Wildman–Crippen LogP) is 2.33. The van der Waals surface area contributed by atoms with Gasteiger partial charge in [-0.3, -0.25) is 9.69 Å². The molecular formula is C18H28N2O3S. The molecule has 0 bridgehead atoms. The molecule has 0 saturated carbocycles. The van der Waals surface area contributed by atoms with Crippen LogP contribution in [0.4, 0.5) is 0 Å². The molecule has 0 aliphatic carbocycles. The SMILES string of the molecule is CCS(=O)(=O)c1ccccc1C(=O)NCC(C)N1CCC(C)CC1. The van der Waals surface area contributed by atoms with Gasteiger partial charge in [-0.1, -0.05) is 26.0 Å². The number of likely N-dealkylation sites (tertiary alicyclic amines) is 1. The van der Waals surface area contributed by atoms with Crippen LogP contribution in [0.15, 0.2) is 29.2 Å². The molecule has 1 atom stereocenters. The summed E-state index contributed by atoms with van der Waals surface area (Å²) in [4.78, 5) is 15.0. The second-order valence-corrected chi connectivity index (χ2v) is 8.92. The maximum atomic E-state index is 12.5. The quantitative estimate of drug-likeness (QED) is 0.853. The van der Waals surface area contributed by atoms with Crippen LogP contribution in [0.2, 0.25) is 0 Å². The fourth-order valence-corrected chi connectivity index (χ4v) is 4.11. The van der Waals surface area contributed by atoms with Crippen LogP contribution in [0.5, 0.6) is 0 Å². The van der Waals surface area contributed by atoms with E-state index in [2.05, 4.69) is 24.1 Å². The van der Waals surface area contributed by atoms with E-state index in [1.54, 1.807) is 25.1 Å². The van der Waals surface area contributed by atoms with Crippen molar-refractivity contribution in [2.24, 2.45) is 5.92 Å². The Morgan fingerprint density at radius 2 is 1.92 bits per heavy atom. The third kappa shape index (κ3) is 4.57. The van der Waals surface area contributed by atoms with Gasteiger partial charge in [0.25, 0.3) is 5.91 Å². The molecule has 1 saturated heterocycles. The lowest BCUT2D eigenvalue weighted by molar-refractivity contribution is 0.0918. The first-order valence-corrected chi connectivity index (χ1v) is 10.3. The molecular weight excluding hydrogens is 324 g/mol. The van der Waals surface area contributed by atoms with Gasteiger partial charge in [-0.25, -0.2) is 8.42 Å². The fraction of sp³-hybridized carbons (Fsp3) is 0.611. The molecule has 1 fully saturated rings. The zero-order valence-electron chi connectivity index (χ0n) is 14.8. The Balaban J connectivity index is 2.01. The Hall–Kier alpha value is -1.40. The molecule has 5 nitrogen and oxygen atoms in total. The Morgan fingerprint density at radius 1 is 1.29 bits per heavy atom.